The highest BCUT2D eigenvalue weighted by Gasteiger charge is 2.21. The number of carbonyl (C=O) groups excluding carboxylic acids is 1. The molecule has 1 rings (SSSR count). The van der Waals surface area contributed by atoms with Gasteiger partial charge in [0.2, 0.25) is 5.91 Å². The summed E-state index contributed by atoms with van der Waals surface area (Å²) in [7, 11) is 0. The lowest BCUT2D eigenvalue weighted by molar-refractivity contribution is -0.121. The molecule has 0 aliphatic heterocycles. The summed E-state index contributed by atoms with van der Waals surface area (Å²) in [4.78, 5) is 12.7. The van der Waals surface area contributed by atoms with Crippen molar-refractivity contribution in [3.63, 3.8) is 0 Å². The van der Waals surface area contributed by atoms with Crippen LogP contribution in [0, 0.1) is 5.41 Å². The number of hydrogen-bond acceptors (Lipinski definition) is 2. The van der Waals surface area contributed by atoms with Gasteiger partial charge in [0.05, 0.1) is 6.42 Å². The molecule has 0 bridgehead atoms. The van der Waals surface area contributed by atoms with Gasteiger partial charge in [-0.1, -0.05) is 32.9 Å². The molecule has 0 saturated carbocycles. The van der Waals surface area contributed by atoms with E-state index in [2.05, 4.69) is 38.7 Å². The van der Waals surface area contributed by atoms with Gasteiger partial charge in [-0.2, -0.15) is 0 Å². The molecule has 1 amide bonds. The van der Waals surface area contributed by atoms with Crippen molar-refractivity contribution in [3.8, 4) is 0 Å². The topological polar surface area (TPSA) is 29.1 Å². The smallest absolute Gasteiger partial charge is 0.224 e. The minimum Gasteiger partial charge on any atom is -0.353 e. The zero-order valence-corrected chi connectivity index (χ0v) is 11.8. The van der Waals surface area contributed by atoms with Gasteiger partial charge in [0.15, 0.2) is 0 Å². The van der Waals surface area contributed by atoms with Crippen LogP contribution in [0.5, 0.6) is 0 Å². The van der Waals surface area contributed by atoms with E-state index in [0.29, 0.717) is 6.42 Å². The Balaban J connectivity index is 2.53. The quantitative estimate of drug-likeness (QED) is 0.794. The van der Waals surface area contributed by atoms with E-state index < -0.39 is 0 Å². The zero-order valence-electron chi connectivity index (χ0n) is 10.9. The van der Waals surface area contributed by atoms with Crippen molar-refractivity contribution < 1.29 is 4.79 Å². The SMILES string of the molecule is CC(NC(=O)Cc1ccc(S)cc1)C(C)(C)C. The second-order valence-corrected chi connectivity index (χ2v) is 6.01. The fourth-order valence-corrected chi connectivity index (χ4v) is 1.46. The third kappa shape index (κ3) is 4.82. The van der Waals surface area contributed by atoms with Crippen LogP contribution in [-0.4, -0.2) is 11.9 Å². The number of hydrogen-bond donors (Lipinski definition) is 2. The molecule has 0 radical (unpaired) electrons. The van der Waals surface area contributed by atoms with Crippen molar-refractivity contribution in [3.05, 3.63) is 29.8 Å². The lowest BCUT2D eigenvalue weighted by Crippen LogP contribution is -2.42. The number of rotatable bonds is 3. The Hall–Kier alpha value is -0.960. The third-order valence-electron chi connectivity index (χ3n) is 2.98. The zero-order chi connectivity index (χ0) is 13.1. The fraction of sp³-hybridized carbons (Fsp3) is 0.500. The summed E-state index contributed by atoms with van der Waals surface area (Å²) in [5.41, 5.74) is 1.10. The molecule has 0 saturated heterocycles. The number of thiol groups is 1. The molecule has 0 fully saturated rings. The summed E-state index contributed by atoms with van der Waals surface area (Å²) in [5, 5.41) is 3.02. The van der Waals surface area contributed by atoms with Crippen LogP contribution in [-0.2, 0) is 11.2 Å². The molecule has 1 aromatic carbocycles. The van der Waals surface area contributed by atoms with Gasteiger partial charge in [0.1, 0.15) is 0 Å². The maximum absolute atomic E-state index is 11.8. The van der Waals surface area contributed by atoms with Crippen LogP contribution in [0.15, 0.2) is 29.2 Å². The maximum atomic E-state index is 11.8. The van der Waals surface area contributed by atoms with Crippen molar-refractivity contribution in [1.82, 2.24) is 5.32 Å². The molecule has 94 valence electrons. The first kappa shape index (κ1) is 14.1. The molecule has 3 heteroatoms. The van der Waals surface area contributed by atoms with Crippen molar-refractivity contribution in [1.29, 1.82) is 0 Å². The van der Waals surface area contributed by atoms with Gasteiger partial charge in [-0.25, -0.2) is 0 Å². The Bertz CT molecular complexity index is 378. The third-order valence-corrected chi connectivity index (χ3v) is 3.28. The van der Waals surface area contributed by atoms with Gasteiger partial charge in [-0.15, -0.1) is 12.6 Å². The molecule has 0 aromatic heterocycles. The second-order valence-electron chi connectivity index (χ2n) is 5.50. The van der Waals surface area contributed by atoms with Gasteiger partial charge >= 0.3 is 0 Å². The van der Waals surface area contributed by atoms with Crippen LogP contribution in [0.1, 0.15) is 33.3 Å². The van der Waals surface area contributed by atoms with Gasteiger partial charge in [0.25, 0.3) is 0 Å². The van der Waals surface area contributed by atoms with Crippen LogP contribution in [0.25, 0.3) is 0 Å². The van der Waals surface area contributed by atoms with Gasteiger partial charge in [0, 0.05) is 10.9 Å². The van der Waals surface area contributed by atoms with Gasteiger partial charge in [-0.05, 0) is 30.0 Å². The summed E-state index contributed by atoms with van der Waals surface area (Å²) in [5.74, 6) is 0.0688. The molecular formula is C14H21NOS. The molecule has 1 unspecified atom stereocenters. The van der Waals surface area contributed by atoms with E-state index in [-0.39, 0.29) is 17.4 Å². The first-order valence-electron chi connectivity index (χ1n) is 5.86. The van der Waals surface area contributed by atoms with E-state index in [4.69, 9.17) is 0 Å². The molecule has 1 aromatic rings. The largest absolute Gasteiger partial charge is 0.353 e. The molecule has 2 nitrogen and oxygen atoms in total. The van der Waals surface area contributed by atoms with E-state index in [0.717, 1.165) is 10.5 Å². The summed E-state index contributed by atoms with van der Waals surface area (Å²) in [6, 6.07) is 7.84. The van der Waals surface area contributed by atoms with E-state index in [1.807, 2.05) is 31.2 Å². The highest BCUT2D eigenvalue weighted by molar-refractivity contribution is 7.80. The molecule has 1 N–H and O–H groups in total. The molecule has 0 spiro atoms. The average molecular weight is 251 g/mol. The predicted octanol–water partition coefficient (Wildman–Crippen LogP) is 3.07. The summed E-state index contributed by atoms with van der Waals surface area (Å²) < 4.78 is 0. The van der Waals surface area contributed by atoms with Crippen molar-refractivity contribution in [2.45, 2.75) is 45.1 Å². The number of nitrogens with one attached hydrogen (secondary N) is 1. The second kappa shape index (κ2) is 5.58. The van der Waals surface area contributed by atoms with Crippen molar-refractivity contribution >= 4 is 18.5 Å². The molecule has 0 aliphatic rings. The summed E-state index contributed by atoms with van der Waals surface area (Å²) in [6.07, 6.45) is 0.425. The lowest BCUT2D eigenvalue weighted by Gasteiger charge is -2.28. The highest BCUT2D eigenvalue weighted by Crippen LogP contribution is 2.18. The van der Waals surface area contributed by atoms with Gasteiger partial charge in [-0.3, -0.25) is 4.79 Å². The Morgan fingerprint density at radius 3 is 2.29 bits per heavy atom. The number of carbonyl (C=O) groups is 1. The summed E-state index contributed by atoms with van der Waals surface area (Å²) >= 11 is 4.22. The van der Waals surface area contributed by atoms with Crippen LogP contribution in [0.3, 0.4) is 0 Å². The van der Waals surface area contributed by atoms with E-state index >= 15 is 0 Å². The van der Waals surface area contributed by atoms with Gasteiger partial charge < -0.3 is 5.32 Å². The van der Waals surface area contributed by atoms with Crippen LogP contribution < -0.4 is 5.32 Å². The molecule has 0 aliphatic carbocycles. The van der Waals surface area contributed by atoms with Crippen LogP contribution in [0.4, 0.5) is 0 Å². The lowest BCUT2D eigenvalue weighted by atomic mass is 9.88. The minimum atomic E-state index is 0.0688. The standard InChI is InChI=1S/C14H21NOS/c1-10(14(2,3)4)15-13(16)9-11-5-7-12(17)8-6-11/h5-8,10,17H,9H2,1-4H3,(H,15,16). The normalized spacial score (nSPS) is 13.2. The Morgan fingerprint density at radius 1 is 1.29 bits per heavy atom. The molecule has 0 heterocycles. The average Bonchev–Trinajstić information content (AvgIpc) is 2.20. The fourth-order valence-electron chi connectivity index (χ4n) is 1.31. The van der Waals surface area contributed by atoms with Crippen molar-refractivity contribution in [2.24, 2.45) is 5.41 Å². The van der Waals surface area contributed by atoms with E-state index in [1.165, 1.54) is 0 Å². The molecular weight excluding hydrogens is 230 g/mol. The Labute approximate surface area is 109 Å². The maximum Gasteiger partial charge on any atom is 0.224 e. The Morgan fingerprint density at radius 2 is 1.82 bits per heavy atom. The van der Waals surface area contributed by atoms with E-state index in [9.17, 15) is 4.79 Å². The predicted molar refractivity (Wildman–Crippen MR) is 74.5 cm³/mol. The first-order chi connectivity index (χ1) is 7.79. The minimum absolute atomic E-state index is 0.0688. The number of amides is 1. The molecule has 1 atom stereocenters. The Kier molecular flexibility index (Phi) is 4.63. The van der Waals surface area contributed by atoms with Crippen LogP contribution in [0.2, 0.25) is 0 Å². The van der Waals surface area contributed by atoms with Crippen molar-refractivity contribution in [2.75, 3.05) is 0 Å². The number of benzene rings is 1. The monoisotopic (exact) mass is 251 g/mol. The van der Waals surface area contributed by atoms with Crippen LogP contribution >= 0.6 is 12.6 Å². The highest BCUT2D eigenvalue weighted by atomic mass is 32.1. The summed E-state index contributed by atoms with van der Waals surface area (Å²) in [6.45, 7) is 8.39. The first-order valence-corrected chi connectivity index (χ1v) is 6.31. The molecule has 17 heavy (non-hydrogen) atoms. The van der Waals surface area contributed by atoms with E-state index in [1.54, 1.807) is 0 Å².